The number of hydrogen-bond donors (Lipinski definition) is 2. The molecule has 0 unspecified atom stereocenters. The minimum Gasteiger partial charge on any atom is -0.423 e. The second-order valence-corrected chi connectivity index (χ2v) is 4.95. The van der Waals surface area contributed by atoms with Gasteiger partial charge in [-0.25, -0.2) is 0 Å². The summed E-state index contributed by atoms with van der Waals surface area (Å²) in [5, 5.41) is 26.2. The number of hydrogen-bond acceptors (Lipinski definition) is 5. The molecule has 0 saturated heterocycles. The molecule has 9 heteroatoms. The maximum absolute atomic E-state index is 12.8. The van der Waals surface area contributed by atoms with Crippen LogP contribution >= 0.6 is 0 Å². The van der Waals surface area contributed by atoms with Crippen LogP contribution in [-0.2, 0) is 6.18 Å². The Bertz CT molecular complexity index is 865. The van der Waals surface area contributed by atoms with E-state index in [0.717, 1.165) is 12.1 Å². The van der Waals surface area contributed by atoms with Gasteiger partial charge in [-0.1, -0.05) is 24.3 Å². The SMILES string of the molecule is OB(O)c1ccccc1-c1nnc(-c2cccc(C(F)(F)F)c2)o1. The second kappa shape index (κ2) is 6.10. The first-order valence-corrected chi connectivity index (χ1v) is 6.83. The standard InChI is InChI=1S/C15H10BF3N2O3/c17-15(18,19)10-5-3-4-9(8-10)13-20-21-14(24-13)11-6-1-2-7-12(11)16(22)23/h1-8,22-23H. The summed E-state index contributed by atoms with van der Waals surface area (Å²) in [7, 11) is -1.75. The Morgan fingerprint density at radius 1 is 0.917 bits per heavy atom. The monoisotopic (exact) mass is 334 g/mol. The molecule has 0 aliphatic rings. The number of rotatable bonds is 3. The zero-order chi connectivity index (χ0) is 17.3. The van der Waals surface area contributed by atoms with Gasteiger partial charge in [0.2, 0.25) is 11.8 Å². The molecule has 0 bridgehead atoms. The maximum atomic E-state index is 12.8. The molecule has 1 heterocycles. The molecule has 5 nitrogen and oxygen atoms in total. The van der Waals surface area contributed by atoms with Gasteiger partial charge < -0.3 is 14.5 Å². The molecule has 0 amide bonds. The topological polar surface area (TPSA) is 79.4 Å². The minimum atomic E-state index is -4.48. The molecule has 24 heavy (non-hydrogen) atoms. The van der Waals surface area contributed by atoms with Crippen molar-refractivity contribution < 1.29 is 27.6 Å². The van der Waals surface area contributed by atoms with Gasteiger partial charge in [0.15, 0.2) is 0 Å². The molecule has 0 fully saturated rings. The van der Waals surface area contributed by atoms with Crippen molar-refractivity contribution in [1.29, 1.82) is 0 Å². The van der Waals surface area contributed by atoms with E-state index in [2.05, 4.69) is 10.2 Å². The van der Waals surface area contributed by atoms with Crippen molar-refractivity contribution in [3.05, 3.63) is 54.1 Å². The van der Waals surface area contributed by atoms with Crippen LogP contribution in [0.2, 0.25) is 0 Å². The summed E-state index contributed by atoms with van der Waals surface area (Å²) in [6, 6.07) is 10.7. The Kier molecular flexibility index (Phi) is 4.12. The fraction of sp³-hybridized carbons (Fsp3) is 0.0667. The number of benzene rings is 2. The van der Waals surface area contributed by atoms with Crippen molar-refractivity contribution >= 4 is 12.6 Å². The molecule has 0 aliphatic heterocycles. The Labute approximate surface area is 134 Å². The van der Waals surface area contributed by atoms with E-state index >= 15 is 0 Å². The zero-order valence-corrected chi connectivity index (χ0v) is 12.0. The maximum Gasteiger partial charge on any atom is 0.489 e. The molecule has 122 valence electrons. The largest absolute Gasteiger partial charge is 0.489 e. The molecular formula is C15H10BF3N2O3. The summed E-state index contributed by atoms with van der Waals surface area (Å²) < 4.78 is 43.7. The first-order chi connectivity index (χ1) is 11.4. The summed E-state index contributed by atoms with van der Waals surface area (Å²) in [4.78, 5) is 0. The molecule has 2 N–H and O–H groups in total. The van der Waals surface area contributed by atoms with Crippen LogP contribution in [0.25, 0.3) is 22.9 Å². The average molecular weight is 334 g/mol. The van der Waals surface area contributed by atoms with Gasteiger partial charge in [0.05, 0.1) is 5.56 Å². The van der Waals surface area contributed by atoms with Gasteiger partial charge in [-0.15, -0.1) is 10.2 Å². The van der Waals surface area contributed by atoms with E-state index in [1.165, 1.54) is 24.3 Å². The highest BCUT2D eigenvalue weighted by atomic mass is 19.4. The van der Waals surface area contributed by atoms with Gasteiger partial charge in [0.1, 0.15) is 0 Å². The van der Waals surface area contributed by atoms with Gasteiger partial charge in [-0.3, -0.25) is 0 Å². The van der Waals surface area contributed by atoms with E-state index in [1.807, 2.05) is 0 Å². The van der Waals surface area contributed by atoms with Crippen molar-refractivity contribution in [1.82, 2.24) is 10.2 Å². The lowest BCUT2D eigenvalue weighted by atomic mass is 9.77. The summed E-state index contributed by atoms with van der Waals surface area (Å²) in [5.74, 6) is -0.121. The summed E-state index contributed by atoms with van der Waals surface area (Å²) in [6.07, 6.45) is -4.48. The van der Waals surface area contributed by atoms with E-state index in [-0.39, 0.29) is 22.8 Å². The number of halogens is 3. The lowest BCUT2D eigenvalue weighted by Gasteiger charge is -2.06. The summed E-state index contributed by atoms with van der Waals surface area (Å²) >= 11 is 0. The number of alkyl halides is 3. The fourth-order valence-electron chi connectivity index (χ4n) is 2.19. The Hall–Kier alpha value is -2.65. The van der Waals surface area contributed by atoms with Crippen LogP contribution in [0, 0.1) is 0 Å². The van der Waals surface area contributed by atoms with Gasteiger partial charge in [0, 0.05) is 11.1 Å². The first-order valence-electron chi connectivity index (χ1n) is 6.83. The number of aromatic nitrogens is 2. The predicted octanol–water partition coefficient (Wildman–Crippen LogP) is 2.10. The minimum absolute atomic E-state index is 0.0221. The van der Waals surface area contributed by atoms with Crippen LogP contribution in [0.15, 0.2) is 52.9 Å². The van der Waals surface area contributed by atoms with Crippen LogP contribution in [0.3, 0.4) is 0 Å². The Morgan fingerprint density at radius 2 is 1.62 bits per heavy atom. The van der Waals surface area contributed by atoms with Crippen molar-refractivity contribution in [2.45, 2.75) is 6.18 Å². The third-order valence-corrected chi connectivity index (χ3v) is 3.33. The molecule has 0 atom stereocenters. The van der Waals surface area contributed by atoms with E-state index in [4.69, 9.17) is 4.42 Å². The van der Waals surface area contributed by atoms with E-state index < -0.39 is 18.9 Å². The van der Waals surface area contributed by atoms with Gasteiger partial charge >= 0.3 is 13.3 Å². The molecule has 0 radical (unpaired) electrons. The zero-order valence-electron chi connectivity index (χ0n) is 12.0. The van der Waals surface area contributed by atoms with Gasteiger partial charge in [-0.05, 0) is 29.7 Å². The van der Waals surface area contributed by atoms with E-state index in [0.29, 0.717) is 5.56 Å². The van der Waals surface area contributed by atoms with Crippen molar-refractivity contribution in [3.8, 4) is 22.9 Å². The lowest BCUT2D eigenvalue weighted by Crippen LogP contribution is -2.31. The van der Waals surface area contributed by atoms with Gasteiger partial charge in [0.25, 0.3) is 0 Å². The Morgan fingerprint density at radius 3 is 2.33 bits per heavy atom. The molecule has 3 aromatic rings. The average Bonchev–Trinajstić information content (AvgIpc) is 3.04. The third-order valence-electron chi connectivity index (χ3n) is 3.33. The third kappa shape index (κ3) is 3.17. The number of nitrogens with zero attached hydrogens (tertiary/aromatic N) is 2. The fourth-order valence-corrected chi connectivity index (χ4v) is 2.19. The quantitative estimate of drug-likeness (QED) is 0.717. The van der Waals surface area contributed by atoms with E-state index in [9.17, 15) is 23.2 Å². The first kappa shape index (κ1) is 16.2. The van der Waals surface area contributed by atoms with Crippen LogP contribution in [0.1, 0.15) is 5.56 Å². The molecule has 0 aliphatic carbocycles. The molecule has 3 rings (SSSR count). The van der Waals surface area contributed by atoms with Crippen LogP contribution in [-0.4, -0.2) is 27.4 Å². The summed E-state index contributed by atoms with van der Waals surface area (Å²) in [5.41, 5.74) is -0.272. The predicted molar refractivity (Wildman–Crippen MR) is 80.0 cm³/mol. The molecule has 0 saturated carbocycles. The van der Waals surface area contributed by atoms with Crippen molar-refractivity contribution in [2.24, 2.45) is 0 Å². The smallest absolute Gasteiger partial charge is 0.423 e. The molecule has 0 spiro atoms. The summed E-state index contributed by atoms with van der Waals surface area (Å²) in [6.45, 7) is 0. The highest BCUT2D eigenvalue weighted by Gasteiger charge is 2.31. The molecule has 1 aromatic heterocycles. The molecular weight excluding hydrogens is 324 g/mol. The van der Waals surface area contributed by atoms with Crippen molar-refractivity contribution in [3.63, 3.8) is 0 Å². The van der Waals surface area contributed by atoms with E-state index in [1.54, 1.807) is 12.1 Å². The lowest BCUT2D eigenvalue weighted by molar-refractivity contribution is -0.137. The van der Waals surface area contributed by atoms with Crippen LogP contribution in [0.4, 0.5) is 13.2 Å². The molecule has 2 aromatic carbocycles. The highest BCUT2D eigenvalue weighted by Crippen LogP contribution is 2.32. The highest BCUT2D eigenvalue weighted by molar-refractivity contribution is 6.60. The normalized spacial score (nSPS) is 11.5. The van der Waals surface area contributed by atoms with Crippen LogP contribution in [0.5, 0.6) is 0 Å². The Balaban J connectivity index is 2.01. The second-order valence-electron chi connectivity index (χ2n) is 4.95. The van der Waals surface area contributed by atoms with Crippen LogP contribution < -0.4 is 5.46 Å². The van der Waals surface area contributed by atoms with Crippen molar-refractivity contribution in [2.75, 3.05) is 0 Å². The van der Waals surface area contributed by atoms with Gasteiger partial charge in [-0.2, -0.15) is 13.2 Å².